The van der Waals surface area contributed by atoms with Crippen molar-refractivity contribution in [1.82, 2.24) is 4.31 Å². The number of hydrogen-bond donors (Lipinski definition) is 1. The van der Waals surface area contributed by atoms with E-state index in [1.54, 1.807) is 12.1 Å². The molecule has 0 spiro atoms. The van der Waals surface area contributed by atoms with Gasteiger partial charge < -0.3 is 5.32 Å². The minimum atomic E-state index is -4.10. The molecule has 1 amide bonds. The van der Waals surface area contributed by atoms with Gasteiger partial charge in [0.05, 0.1) is 4.90 Å². The third kappa shape index (κ3) is 5.48. The van der Waals surface area contributed by atoms with E-state index in [2.05, 4.69) is 5.32 Å². The number of anilines is 1. The molecule has 1 heterocycles. The van der Waals surface area contributed by atoms with Crippen molar-refractivity contribution in [2.24, 2.45) is 0 Å². The number of piperidine rings is 1. The second kappa shape index (κ2) is 10.3. The van der Waals surface area contributed by atoms with Crippen LogP contribution in [0.4, 0.5) is 14.5 Å². The Morgan fingerprint density at radius 1 is 0.833 bits per heavy atom. The number of carbonyl (C=O) groups excluding carboxylic acids is 2. The molecule has 0 bridgehead atoms. The van der Waals surface area contributed by atoms with Crippen molar-refractivity contribution >= 4 is 39.6 Å². The van der Waals surface area contributed by atoms with Crippen molar-refractivity contribution in [3.63, 3.8) is 0 Å². The molecule has 6 nitrogen and oxygen atoms in total. The summed E-state index contributed by atoms with van der Waals surface area (Å²) in [6, 6.07) is 17.2. The number of amides is 1. The highest BCUT2D eigenvalue weighted by molar-refractivity contribution is 7.89. The van der Waals surface area contributed by atoms with Crippen LogP contribution in [0.3, 0.4) is 0 Å². The van der Waals surface area contributed by atoms with Gasteiger partial charge >= 0.3 is 0 Å². The summed E-state index contributed by atoms with van der Waals surface area (Å²) in [6.07, 6.45) is 2.63. The summed E-state index contributed by atoms with van der Waals surface area (Å²) in [6.45, 7) is 0.747. The Bertz CT molecular complexity index is 1430. The van der Waals surface area contributed by atoms with Gasteiger partial charge in [-0.2, -0.15) is 4.31 Å². The van der Waals surface area contributed by atoms with Gasteiger partial charge in [-0.25, -0.2) is 17.2 Å². The van der Waals surface area contributed by atoms with Crippen molar-refractivity contribution < 1.29 is 26.8 Å². The summed E-state index contributed by atoms with van der Waals surface area (Å²) in [5, 5.41) is 2.57. The molecule has 1 N–H and O–H groups in total. The fraction of sp³-hybridized carbons (Fsp3) is 0.111. The SMILES string of the molecule is CC(=O)Nc1ccc(S(=O)(=O)N2C/C(=C\c3ccccc3F)C(=O)/C(=C/c3ccccc3F)C2)cc1. The van der Waals surface area contributed by atoms with Crippen LogP contribution in [-0.4, -0.2) is 37.5 Å². The molecule has 1 aliphatic heterocycles. The summed E-state index contributed by atoms with van der Waals surface area (Å²) >= 11 is 0. The van der Waals surface area contributed by atoms with Crippen LogP contribution in [0.2, 0.25) is 0 Å². The first-order chi connectivity index (χ1) is 17.1. The van der Waals surface area contributed by atoms with E-state index >= 15 is 0 Å². The number of ketones is 1. The highest BCUT2D eigenvalue weighted by atomic mass is 32.2. The predicted octanol–water partition coefficient (Wildman–Crippen LogP) is 4.66. The Balaban J connectivity index is 1.76. The second-order valence-electron chi connectivity index (χ2n) is 8.19. The Morgan fingerprint density at radius 3 is 1.75 bits per heavy atom. The first-order valence-corrected chi connectivity index (χ1v) is 12.4. The molecule has 1 fully saturated rings. The van der Waals surface area contributed by atoms with Crippen molar-refractivity contribution in [3.8, 4) is 0 Å². The fourth-order valence-corrected chi connectivity index (χ4v) is 5.20. The molecule has 1 saturated heterocycles. The zero-order chi connectivity index (χ0) is 25.9. The van der Waals surface area contributed by atoms with Crippen molar-refractivity contribution in [3.05, 3.63) is 107 Å². The minimum Gasteiger partial charge on any atom is -0.326 e. The molecule has 0 atom stereocenters. The summed E-state index contributed by atoms with van der Waals surface area (Å²) in [5.41, 5.74) is 0.783. The van der Waals surface area contributed by atoms with Crippen molar-refractivity contribution in [2.45, 2.75) is 11.8 Å². The number of benzene rings is 3. The minimum absolute atomic E-state index is 0.0485. The van der Waals surface area contributed by atoms with Gasteiger partial charge in [-0.05, 0) is 48.6 Å². The highest BCUT2D eigenvalue weighted by Gasteiger charge is 2.34. The van der Waals surface area contributed by atoms with E-state index in [4.69, 9.17) is 0 Å². The molecular weight excluding hydrogens is 486 g/mol. The zero-order valence-electron chi connectivity index (χ0n) is 19.2. The average molecular weight is 509 g/mol. The number of halogens is 2. The molecule has 0 unspecified atom stereocenters. The smallest absolute Gasteiger partial charge is 0.243 e. The van der Waals surface area contributed by atoms with Gasteiger partial charge in [0, 0.05) is 48.0 Å². The first kappa shape index (κ1) is 25.2. The Hall–Kier alpha value is -3.95. The van der Waals surface area contributed by atoms with Crippen LogP contribution in [0.1, 0.15) is 18.1 Å². The highest BCUT2D eigenvalue weighted by Crippen LogP contribution is 2.28. The van der Waals surface area contributed by atoms with Crippen molar-refractivity contribution in [1.29, 1.82) is 0 Å². The Morgan fingerprint density at radius 2 is 1.31 bits per heavy atom. The molecule has 4 rings (SSSR count). The van der Waals surface area contributed by atoms with Crippen LogP contribution in [0.15, 0.2) is 88.8 Å². The van der Waals surface area contributed by atoms with Crippen LogP contribution in [0.5, 0.6) is 0 Å². The number of hydrogen-bond acceptors (Lipinski definition) is 4. The van der Waals surface area contributed by atoms with Gasteiger partial charge in [-0.15, -0.1) is 0 Å². The maximum Gasteiger partial charge on any atom is 0.243 e. The van der Waals surface area contributed by atoms with Crippen LogP contribution in [0.25, 0.3) is 12.2 Å². The van der Waals surface area contributed by atoms with E-state index in [1.165, 1.54) is 79.7 Å². The zero-order valence-corrected chi connectivity index (χ0v) is 20.1. The van der Waals surface area contributed by atoms with E-state index in [9.17, 15) is 26.8 Å². The van der Waals surface area contributed by atoms with Crippen LogP contribution < -0.4 is 5.32 Å². The van der Waals surface area contributed by atoms with Crippen LogP contribution >= 0.6 is 0 Å². The number of carbonyl (C=O) groups is 2. The number of nitrogens with one attached hydrogen (secondary N) is 1. The van der Waals surface area contributed by atoms with E-state index in [0.29, 0.717) is 5.69 Å². The number of sulfonamides is 1. The van der Waals surface area contributed by atoms with Crippen molar-refractivity contribution in [2.75, 3.05) is 18.4 Å². The fourth-order valence-electron chi connectivity index (χ4n) is 3.80. The van der Waals surface area contributed by atoms with E-state index in [-0.39, 0.29) is 46.2 Å². The summed E-state index contributed by atoms with van der Waals surface area (Å²) < 4.78 is 56.7. The van der Waals surface area contributed by atoms with Gasteiger partial charge in [-0.1, -0.05) is 36.4 Å². The first-order valence-electron chi connectivity index (χ1n) is 11.0. The monoisotopic (exact) mass is 508 g/mol. The molecule has 184 valence electrons. The largest absolute Gasteiger partial charge is 0.326 e. The number of Topliss-reactive ketones (excluding diaryl/α,β-unsaturated/α-hetero) is 1. The molecule has 3 aromatic carbocycles. The predicted molar refractivity (Wildman–Crippen MR) is 133 cm³/mol. The summed E-state index contributed by atoms with van der Waals surface area (Å²) in [4.78, 5) is 24.5. The molecule has 0 aliphatic carbocycles. The number of rotatable bonds is 5. The molecule has 1 aliphatic rings. The second-order valence-corrected chi connectivity index (χ2v) is 10.1. The van der Waals surface area contributed by atoms with E-state index in [0.717, 1.165) is 4.31 Å². The van der Waals surface area contributed by atoms with Crippen LogP contribution in [-0.2, 0) is 19.6 Å². The molecular formula is C27H22F2N2O4S. The summed E-state index contributed by atoms with van der Waals surface area (Å²) in [7, 11) is -4.10. The van der Waals surface area contributed by atoms with E-state index < -0.39 is 27.4 Å². The van der Waals surface area contributed by atoms with Crippen LogP contribution in [0, 0.1) is 11.6 Å². The maximum absolute atomic E-state index is 14.3. The van der Waals surface area contributed by atoms with Gasteiger partial charge in [0.1, 0.15) is 11.6 Å². The molecule has 0 saturated carbocycles. The lowest BCUT2D eigenvalue weighted by Crippen LogP contribution is -2.41. The van der Waals surface area contributed by atoms with E-state index in [1.807, 2.05) is 0 Å². The van der Waals surface area contributed by atoms with Gasteiger partial charge in [0.15, 0.2) is 5.78 Å². The normalized spacial score (nSPS) is 16.9. The quantitative estimate of drug-likeness (QED) is 0.508. The molecule has 0 aromatic heterocycles. The molecule has 3 aromatic rings. The molecule has 36 heavy (non-hydrogen) atoms. The lowest BCUT2D eigenvalue weighted by molar-refractivity contribution is -0.114. The lowest BCUT2D eigenvalue weighted by atomic mass is 9.95. The van der Waals surface area contributed by atoms with Gasteiger partial charge in [0.25, 0.3) is 0 Å². The van der Waals surface area contributed by atoms with Gasteiger partial charge in [-0.3, -0.25) is 9.59 Å². The van der Waals surface area contributed by atoms with Gasteiger partial charge in [0.2, 0.25) is 15.9 Å². The third-order valence-electron chi connectivity index (χ3n) is 5.56. The maximum atomic E-state index is 14.3. The molecule has 0 radical (unpaired) electrons. The topological polar surface area (TPSA) is 83.6 Å². The standard InChI is InChI=1S/C27H22F2N2O4S/c1-18(32)30-23-10-12-24(13-11-23)36(34,35)31-16-21(14-19-6-2-4-8-25(19)28)27(33)22(17-31)15-20-7-3-5-9-26(20)29/h2-15H,16-17H2,1H3,(H,30,32)/b21-14+,22-15+. The number of nitrogens with zero attached hydrogens (tertiary/aromatic N) is 1. The molecule has 9 heteroatoms. The lowest BCUT2D eigenvalue weighted by Gasteiger charge is -2.29. The Labute approximate surface area is 207 Å². The summed E-state index contributed by atoms with van der Waals surface area (Å²) in [5.74, 6) is -1.92. The third-order valence-corrected chi connectivity index (χ3v) is 7.36. The Kier molecular flexibility index (Phi) is 7.23. The average Bonchev–Trinajstić information content (AvgIpc) is 2.84.